The van der Waals surface area contributed by atoms with Gasteiger partial charge >= 0.3 is 0 Å². The molecule has 3 aromatic carbocycles. The van der Waals surface area contributed by atoms with E-state index in [2.05, 4.69) is 91.0 Å². The van der Waals surface area contributed by atoms with Gasteiger partial charge in [0.2, 0.25) is 0 Å². The van der Waals surface area contributed by atoms with E-state index in [0.29, 0.717) is 7.85 Å². The van der Waals surface area contributed by atoms with Crippen molar-refractivity contribution >= 4 is 7.85 Å². The highest BCUT2D eigenvalue weighted by Gasteiger charge is 2.34. The lowest BCUT2D eigenvalue weighted by atomic mass is 9.66. The number of hydrogen-bond donors (Lipinski definition) is 0. The van der Waals surface area contributed by atoms with Crippen molar-refractivity contribution in [1.29, 1.82) is 0 Å². The van der Waals surface area contributed by atoms with Crippen LogP contribution >= 0.6 is 0 Å². The smallest absolute Gasteiger partial charge is 0.0450 e. The number of rotatable bonds is 6. The van der Waals surface area contributed by atoms with Crippen LogP contribution in [0.15, 0.2) is 91.0 Å². The quantitative estimate of drug-likeness (QED) is 0.461. The lowest BCUT2D eigenvalue weighted by molar-refractivity contribution is 0.550. The van der Waals surface area contributed by atoms with Crippen molar-refractivity contribution in [3.8, 4) is 0 Å². The molecule has 0 saturated heterocycles. The van der Waals surface area contributed by atoms with E-state index in [0.717, 1.165) is 0 Å². The third-order valence-corrected chi connectivity index (χ3v) is 4.35. The monoisotopic (exact) mass is 299 g/mol. The van der Waals surface area contributed by atoms with Gasteiger partial charge in [-0.3, -0.25) is 0 Å². The summed E-state index contributed by atoms with van der Waals surface area (Å²) in [6.07, 6.45) is 3.96. The van der Waals surface area contributed by atoms with Crippen molar-refractivity contribution < 1.29 is 0 Å². The maximum Gasteiger partial charge on any atom is 0.0450 e. The predicted molar refractivity (Wildman–Crippen MR) is 103 cm³/mol. The van der Waals surface area contributed by atoms with Crippen LogP contribution in [0.5, 0.6) is 0 Å². The lowest BCUT2D eigenvalue weighted by Crippen LogP contribution is -2.29. The highest BCUT2D eigenvalue weighted by Crippen LogP contribution is 2.43. The molecule has 0 radical (unpaired) electrons. The van der Waals surface area contributed by atoms with Gasteiger partial charge in [-0.2, -0.15) is 6.32 Å². The zero-order valence-corrected chi connectivity index (χ0v) is 12.8. The molecule has 0 amide bonds. The molecule has 23 heavy (non-hydrogen) atoms. The topological polar surface area (TPSA) is 0 Å². The standard InChI is InChI=1S/C22H24B/c23-18-10-17-22(19-11-4-1-5-12-19,20-13-6-2-7-14-20)21-15-8-3-9-16-21/h1-9,11-16H,10,17-18H2,23H3/q-1. The molecule has 0 nitrogen and oxygen atoms in total. The summed E-state index contributed by atoms with van der Waals surface area (Å²) >= 11 is 0. The van der Waals surface area contributed by atoms with Gasteiger partial charge in [-0.15, -0.1) is 0 Å². The summed E-state index contributed by atoms with van der Waals surface area (Å²) in [4.78, 5) is 0. The first-order chi connectivity index (χ1) is 11.4. The summed E-state index contributed by atoms with van der Waals surface area (Å²) < 4.78 is 0. The van der Waals surface area contributed by atoms with E-state index in [1.165, 1.54) is 35.9 Å². The van der Waals surface area contributed by atoms with Crippen molar-refractivity contribution in [1.82, 2.24) is 0 Å². The van der Waals surface area contributed by atoms with Crippen molar-refractivity contribution in [3.05, 3.63) is 108 Å². The van der Waals surface area contributed by atoms with Gasteiger partial charge in [0, 0.05) is 5.41 Å². The second kappa shape index (κ2) is 7.33. The molecule has 0 spiro atoms. The lowest BCUT2D eigenvalue weighted by Gasteiger charge is -2.36. The molecule has 0 heterocycles. The molecule has 0 atom stereocenters. The third-order valence-electron chi connectivity index (χ3n) is 4.35. The van der Waals surface area contributed by atoms with Crippen LogP contribution in [0.1, 0.15) is 29.5 Å². The first-order valence-corrected chi connectivity index (χ1v) is 7.84. The Kier molecular flexibility index (Phi) is 4.97. The maximum atomic E-state index is 2.29. The van der Waals surface area contributed by atoms with E-state index < -0.39 is 0 Å². The molecule has 0 N–H and O–H groups in total. The summed E-state index contributed by atoms with van der Waals surface area (Å²) in [5, 5.41) is 0. The molecular formula is C22H24B-. The molecule has 0 saturated carbocycles. The molecule has 0 aliphatic carbocycles. The highest BCUT2D eigenvalue weighted by molar-refractivity contribution is 6.08. The average Bonchev–Trinajstić information content (AvgIpc) is 2.65. The van der Waals surface area contributed by atoms with Crippen molar-refractivity contribution in [2.45, 2.75) is 24.6 Å². The van der Waals surface area contributed by atoms with Crippen molar-refractivity contribution in [2.24, 2.45) is 0 Å². The second-order valence-electron chi connectivity index (χ2n) is 5.61. The van der Waals surface area contributed by atoms with Crippen LogP contribution in [-0.2, 0) is 5.41 Å². The molecule has 0 aliphatic heterocycles. The molecule has 0 unspecified atom stereocenters. The van der Waals surface area contributed by atoms with Gasteiger partial charge in [0.25, 0.3) is 0 Å². The SMILES string of the molecule is [BH3-]CCCC(c1ccccc1)(c1ccccc1)c1ccccc1. The molecule has 1 heteroatoms. The van der Waals surface area contributed by atoms with Crippen molar-refractivity contribution in [2.75, 3.05) is 0 Å². The van der Waals surface area contributed by atoms with Crippen LogP contribution < -0.4 is 0 Å². The molecule has 0 fully saturated rings. The normalized spacial score (nSPS) is 11.3. The summed E-state index contributed by atoms with van der Waals surface area (Å²) in [5.41, 5.74) is 4.19. The minimum absolute atomic E-state index is 0.0297. The molecule has 116 valence electrons. The fourth-order valence-corrected chi connectivity index (χ4v) is 3.37. The maximum absolute atomic E-state index is 2.29. The minimum atomic E-state index is -0.0297. The first-order valence-electron chi connectivity index (χ1n) is 7.84. The Balaban J connectivity index is 2.25. The van der Waals surface area contributed by atoms with E-state index in [9.17, 15) is 0 Å². The summed E-state index contributed by atoms with van der Waals surface area (Å²) in [6, 6.07) is 33.1. The van der Waals surface area contributed by atoms with Crippen LogP contribution in [0.25, 0.3) is 0 Å². The molecule has 0 aliphatic rings. The molecule has 3 aromatic rings. The third kappa shape index (κ3) is 3.10. The Hall–Kier alpha value is -2.28. The van der Waals surface area contributed by atoms with Crippen molar-refractivity contribution in [3.63, 3.8) is 0 Å². The first kappa shape index (κ1) is 15.6. The molecule has 0 aromatic heterocycles. The zero-order chi connectivity index (χ0) is 16.0. The Labute approximate surface area is 140 Å². The van der Waals surface area contributed by atoms with E-state index in [-0.39, 0.29) is 5.41 Å². The zero-order valence-electron chi connectivity index (χ0n) is 12.8. The van der Waals surface area contributed by atoms with Gasteiger partial charge < -0.3 is 0 Å². The average molecular weight is 299 g/mol. The fraction of sp³-hybridized carbons (Fsp3) is 0.182. The Bertz CT molecular complexity index is 608. The summed E-state index contributed by atoms with van der Waals surface area (Å²) in [5.74, 6) is 0. The van der Waals surface area contributed by atoms with Gasteiger partial charge in [-0.05, 0) is 31.0 Å². The number of hydrogen-bond acceptors (Lipinski definition) is 0. The summed E-state index contributed by atoms with van der Waals surface area (Å²) in [6.45, 7) is 0. The fourth-order valence-electron chi connectivity index (χ4n) is 3.37. The van der Waals surface area contributed by atoms with Crippen LogP contribution in [0.3, 0.4) is 0 Å². The van der Waals surface area contributed by atoms with Gasteiger partial charge in [-0.25, -0.2) is 0 Å². The Morgan fingerprint density at radius 2 is 0.913 bits per heavy atom. The molecule has 0 bridgehead atoms. The van der Waals surface area contributed by atoms with E-state index in [1.54, 1.807) is 0 Å². The van der Waals surface area contributed by atoms with E-state index in [4.69, 9.17) is 0 Å². The second-order valence-corrected chi connectivity index (χ2v) is 5.61. The Morgan fingerprint density at radius 3 is 1.22 bits per heavy atom. The largest absolute Gasteiger partial charge is 0.187 e. The molecule has 3 rings (SSSR count). The van der Waals surface area contributed by atoms with Gasteiger partial charge in [-0.1, -0.05) is 97.4 Å². The highest BCUT2D eigenvalue weighted by atomic mass is 14.4. The number of benzene rings is 3. The van der Waals surface area contributed by atoms with Gasteiger partial charge in [0.05, 0.1) is 0 Å². The predicted octanol–water partition coefficient (Wildman–Crippen LogP) is 4.58. The van der Waals surface area contributed by atoms with Gasteiger partial charge in [0.15, 0.2) is 0 Å². The van der Waals surface area contributed by atoms with Crippen LogP contribution in [-0.4, -0.2) is 7.85 Å². The van der Waals surface area contributed by atoms with Gasteiger partial charge in [0.1, 0.15) is 0 Å². The van der Waals surface area contributed by atoms with E-state index in [1.807, 2.05) is 0 Å². The van der Waals surface area contributed by atoms with Crippen LogP contribution in [0.2, 0.25) is 6.32 Å². The molecular weight excluding hydrogens is 275 g/mol. The summed E-state index contributed by atoms with van der Waals surface area (Å²) in [7, 11) is 0.469. The van der Waals surface area contributed by atoms with E-state index >= 15 is 0 Å². The Morgan fingerprint density at radius 1 is 0.565 bits per heavy atom. The van der Waals surface area contributed by atoms with Crippen LogP contribution in [0, 0.1) is 0 Å². The van der Waals surface area contributed by atoms with Crippen LogP contribution in [0.4, 0.5) is 0 Å². The minimum Gasteiger partial charge on any atom is -0.187 e.